The maximum absolute atomic E-state index is 12.2. The Morgan fingerprint density at radius 1 is 1.40 bits per heavy atom. The molecule has 1 unspecified atom stereocenters. The predicted molar refractivity (Wildman–Crippen MR) is 77.7 cm³/mol. The Labute approximate surface area is 118 Å². The van der Waals surface area contributed by atoms with E-state index >= 15 is 0 Å². The highest BCUT2D eigenvalue weighted by Crippen LogP contribution is 2.24. The van der Waals surface area contributed by atoms with Crippen molar-refractivity contribution in [3.05, 3.63) is 23.5 Å². The molecule has 0 radical (unpaired) electrons. The highest BCUT2D eigenvalue weighted by atomic mass is 16.5. The topological polar surface area (TPSA) is 68.0 Å². The Morgan fingerprint density at radius 2 is 2.15 bits per heavy atom. The zero-order valence-corrected chi connectivity index (χ0v) is 12.4. The SMILES string of the molecule is CCCC(C)NC(=O)c1cnc2onc(C(C)C)c2c1. The Morgan fingerprint density at radius 3 is 2.80 bits per heavy atom. The Kier molecular flexibility index (Phi) is 4.37. The lowest BCUT2D eigenvalue weighted by atomic mass is 10.1. The third kappa shape index (κ3) is 2.98. The Hall–Kier alpha value is -1.91. The van der Waals surface area contributed by atoms with Gasteiger partial charge in [0.15, 0.2) is 0 Å². The lowest BCUT2D eigenvalue weighted by Crippen LogP contribution is -2.32. The van der Waals surface area contributed by atoms with Crippen LogP contribution in [0, 0.1) is 0 Å². The normalized spacial score (nSPS) is 12.8. The molecule has 0 saturated heterocycles. The van der Waals surface area contributed by atoms with E-state index in [2.05, 4.69) is 22.4 Å². The molecular weight excluding hydrogens is 254 g/mol. The second-order valence-electron chi connectivity index (χ2n) is 5.46. The molecule has 20 heavy (non-hydrogen) atoms. The van der Waals surface area contributed by atoms with E-state index in [9.17, 15) is 4.79 Å². The maximum atomic E-state index is 12.2. The van der Waals surface area contributed by atoms with Gasteiger partial charge in [0.1, 0.15) is 0 Å². The van der Waals surface area contributed by atoms with Crippen molar-refractivity contribution in [3.8, 4) is 0 Å². The van der Waals surface area contributed by atoms with Gasteiger partial charge in [-0.15, -0.1) is 0 Å². The first-order chi connectivity index (χ1) is 9.52. The van der Waals surface area contributed by atoms with Gasteiger partial charge in [-0.2, -0.15) is 0 Å². The molecule has 0 saturated carbocycles. The van der Waals surface area contributed by atoms with E-state index in [1.165, 1.54) is 6.20 Å². The van der Waals surface area contributed by atoms with Crippen LogP contribution in [0.5, 0.6) is 0 Å². The molecule has 0 aliphatic heterocycles. The summed E-state index contributed by atoms with van der Waals surface area (Å²) in [6.45, 7) is 8.18. The van der Waals surface area contributed by atoms with E-state index in [-0.39, 0.29) is 17.9 Å². The van der Waals surface area contributed by atoms with Gasteiger partial charge in [0.05, 0.1) is 16.6 Å². The summed E-state index contributed by atoms with van der Waals surface area (Å²) >= 11 is 0. The summed E-state index contributed by atoms with van der Waals surface area (Å²) in [7, 11) is 0. The molecule has 1 N–H and O–H groups in total. The molecule has 1 atom stereocenters. The lowest BCUT2D eigenvalue weighted by molar-refractivity contribution is 0.0938. The van der Waals surface area contributed by atoms with E-state index in [0.29, 0.717) is 11.3 Å². The smallest absolute Gasteiger partial charge is 0.257 e. The molecule has 2 rings (SSSR count). The molecule has 0 aromatic carbocycles. The van der Waals surface area contributed by atoms with E-state index in [0.717, 1.165) is 23.9 Å². The van der Waals surface area contributed by atoms with Crippen molar-refractivity contribution < 1.29 is 9.32 Å². The van der Waals surface area contributed by atoms with Gasteiger partial charge in [-0.3, -0.25) is 4.79 Å². The highest BCUT2D eigenvalue weighted by Gasteiger charge is 2.16. The van der Waals surface area contributed by atoms with Gasteiger partial charge in [0, 0.05) is 12.2 Å². The van der Waals surface area contributed by atoms with Crippen molar-refractivity contribution in [2.75, 3.05) is 0 Å². The Bertz CT molecular complexity index is 604. The number of amides is 1. The number of pyridine rings is 1. The van der Waals surface area contributed by atoms with Gasteiger partial charge in [0.2, 0.25) is 0 Å². The van der Waals surface area contributed by atoms with Crippen LogP contribution in [0.4, 0.5) is 0 Å². The molecule has 5 heteroatoms. The number of carbonyl (C=O) groups excluding carboxylic acids is 1. The first-order valence-corrected chi connectivity index (χ1v) is 7.09. The first kappa shape index (κ1) is 14.5. The van der Waals surface area contributed by atoms with Gasteiger partial charge >= 0.3 is 0 Å². The summed E-state index contributed by atoms with van der Waals surface area (Å²) in [5.41, 5.74) is 1.86. The summed E-state index contributed by atoms with van der Waals surface area (Å²) in [5, 5.41) is 7.80. The average molecular weight is 275 g/mol. The monoisotopic (exact) mass is 275 g/mol. The van der Waals surface area contributed by atoms with E-state index in [4.69, 9.17) is 4.52 Å². The van der Waals surface area contributed by atoms with Crippen LogP contribution in [0.15, 0.2) is 16.8 Å². The molecule has 0 fully saturated rings. The number of nitrogens with zero attached hydrogens (tertiary/aromatic N) is 2. The van der Waals surface area contributed by atoms with Crippen LogP contribution in [0.3, 0.4) is 0 Å². The van der Waals surface area contributed by atoms with Crippen LogP contribution in [0.1, 0.15) is 62.5 Å². The van der Waals surface area contributed by atoms with E-state index in [1.54, 1.807) is 0 Å². The van der Waals surface area contributed by atoms with Crippen molar-refractivity contribution in [2.24, 2.45) is 0 Å². The molecule has 108 valence electrons. The average Bonchev–Trinajstić information content (AvgIpc) is 2.81. The molecule has 0 aliphatic rings. The molecule has 0 aliphatic carbocycles. The van der Waals surface area contributed by atoms with Crippen LogP contribution < -0.4 is 5.32 Å². The minimum Gasteiger partial charge on any atom is -0.350 e. The molecule has 2 aromatic heterocycles. The van der Waals surface area contributed by atoms with Crippen molar-refractivity contribution in [2.45, 2.75) is 52.5 Å². The van der Waals surface area contributed by atoms with E-state index < -0.39 is 0 Å². The van der Waals surface area contributed by atoms with Gasteiger partial charge in [-0.25, -0.2) is 4.98 Å². The van der Waals surface area contributed by atoms with Gasteiger partial charge < -0.3 is 9.84 Å². The summed E-state index contributed by atoms with van der Waals surface area (Å²) in [6, 6.07) is 1.97. The molecule has 2 aromatic rings. The van der Waals surface area contributed by atoms with Crippen molar-refractivity contribution >= 4 is 17.0 Å². The van der Waals surface area contributed by atoms with Crippen LogP contribution >= 0.6 is 0 Å². The van der Waals surface area contributed by atoms with Gasteiger partial charge in [0.25, 0.3) is 11.6 Å². The number of aromatic nitrogens is 2. The second kappa shape index (κ2) is 6.03. The van der Waals surface area contributed by atoms with Gasteiger partial charge in [-0.05, 0) is 25.3 Å². The molecule has 1 amide bonds. The summed E-state index contributed by atoms with van der Waals surface area (Å²) in [5.74, 6) is 0.131. The minimum absolute atomic E-state index is 0.101. The minimum atomic E-state index is -0.101. The maximum Gasteiger partial charge on any atom is 0.257 e. The quantitative estimate of drug-likeness (QED) is 0.909. The highest BCUT2D eigenvalue weighted by molar-refractivity contribution is 5.97. The fraction of sp³-hybridized carbons (Fsp3) is 0.533. The molecular formula is C15H21N3O2. The summed E-state index contributed by atoms with van der Waals surface area (Å²) in [6.07, 6.45) is 3.54. The van der Waals surface area contributed by atoms with Crippen molar-refractivity contribution in [1.82, 2.24) is 15.5 Å². The van der Waals surface area contributed by atoms with Crippen LogP contribution in [0.2, 0.25) is 0 Å². The standard InChI is InChI=1S/C15H21N3O2/c1-5-6-10(4)17-14(19)11-7-12-13(9(2)3)18-20-15(12)16-8-11/h7-10H,5-6H2,1-4H3,(H,17,19). The fourth-order valence-electron chi connectivity index (χ4n) is 2.20. The van der Waals surface area contributed by atoms with Crippen molar-refractivity contribution in [1.29, 1.82) is 0 Å². The zero-order chi connectivity index (χ0) is 14.7. The summed E-state index contributed by atoms with van der Waals surface area (Å²) < 4.78 is 5.17. The van der Waals surface area contributed by atoms with Crippen LogP contribution in [-0.2, 0) is 0 Å². The lowest BCUT2D eigenvalue weighted by Gasteiger charge is -2.12. The van der Waals surface area contributed by atoms with Gasteiger partial charge in [-0.1, -0.05) is 32.3 Å². The van der Waals surface area contributed by atoms with Crippen molar-refractivity contribution in [3.63, 3.8) is 0 Å². The number of nitrogens with one attached hydrogen (secondary N) is 1. The number of fused-ring (bicyclic) bond motifs is 1. The Balaban J connectivity index is 2.26. The third-order valence-corrected chi connectivity index (χ3v) is 3.27. The molecule has 0 bridgehead atoms. The second-order valence-corrected chi connectivity index (χ2v) is 5.46. The zero-order valence-electron chi connectivity index (χ0n) is 12.4. The number of rotatable bonds is 5. The first-order valence-electron chi connectivity index (χ1n) is 7.09. The third-order valence-electron chi connectivity index (χ3n) is 3.27. The number of hydrogen-bond donors (Lipinski definition) is 1. The largest absolute Gasteiger partial charge is 0.350 e. The molecule has 2 heterocycles. The summed E-state index contributed by atoms with van der Waals surface area (Å²) in [4.78, 5) is 16.3. The number of carbonyl (C=O) groups is 1. The fourth-order valence-corrected chi connectivity index (χ4v) is 2.20. The van der Waals surface area contributed by atoms with E-state index in [1.807, 2.05) is 26.8 Å². The molecule has 5 nitrogen and oxygen atoms in total. The number of hydrogen-bond acceptors (Lipinski definition) is 4. The predicted octanol–water partition coefficient (Wildman–Crippen LogP) is 3.26. The van der Waals surface area contributed by atoms with Crippen LogP contribution in [0.25, 0.3) is 11.1 Å². The molecule has 0 spiro atoms. The van der Waals surface area contributed by atoms with Crippen LogP contribution in [-0.4, -0.2) is 22.1 Å².